The third-order valence-corrected chi connectivity index (χ3v) is 3.11. The largest absolute Gasteiger partial charge is 0.378 e. The van der Waals surface area contributed by atoms with Crippen molar-refractivity contribution >= 4 is 28.9 Å². The highest BCUT2D eigenvalue weighted by molar-refractivity contribution is 6.35. The van der Waals surface area contributed by atoms with Crippen molar-refractivity contribution in [2.24, 2.45) is 0 Å². The van der Waals surface area contributed by atoms with Crippen LogP contribution in [0.25, 0.3) is 0 Å². The molecule has 0 amide bonds. The van der Waals surface area contributed by atoms with E-state index < -0.39 is 0 Å². The fraction of sp³-hybridized carbons (Fsp3) is 0.400. The minimum Gasteiger partial charge on any atom is -0.378 e. The molecule has 0 aliphatic carbocycles. The molecular formula is C10H12Cl2N2. The Bertz CT molecular complexity index is 348. The number of hydrogen-bond donors (Lipinski definition) is 2. The molecule has 0 saturated carbocycles. The number of hydrogen-bond acceptors (Lipinski definition) is 2. The minimum atomic E-state index is 0.478. The molecule has 2 rings (SSSR count). The first kappa shape index (κ1) is 10.1. The Hall–Kier alpha value is -0.440. The lowest BCUT2D eigenvalue weighted by Crippen LogP contribution is -2.51. The highest BCUT2D eigenvalue weighted by atomic mass is 35.5. The highest BCUT2D eigenvalue weighted by Gasteiger charge is 2.17. The Morgan fingerprint density at radius 3 is 2.57 bits per heavy atom. The van der Waals surface area contributed by atoms with Gasteiger partial charge in [-0.25, -0.2) is 0 Å². The standard InChI is InChI=1S/C10H12Cl2N2/c1-6-2-9(12)10(3-8(6)11)14-7-4-13-5-7/h2-3,7,13-14H,4-5H2,1H3. The van der Waals surface area contributed by atoms with E-state index in [1.165, 1.54) is 0 Å². The van der Waals surface area contributed by atoms with Crippen LogP contribution < -0.4 is 10.6 Å². The molecule has 0 spiro atoms. The third kappa shape index (κ3) is 1.97. The first-order chi connectivity index (χ1) is 6.66. The Morgan fingerprint density at radius 2 is 2.00 bits per heavy atom. The first-order valence-electron chi connectivity index (χ1n) is 4.59. The van der Waals surface area contributed by atoms with E-state index in [1.807, 2.05) is 19.1 Å². The molecule has 0 bridgehead atoms. The van der Waals surface area contributed by atoms with Gasteiger partial charge in [-0.3, -0.25) is 0 Å². The van der Waals surface area contributed by atoms with E-state index in [-0.39, 0.29) is 0 Å². The van der Waals surface area contributed by atoms with Crippen LogP contribution in [0.3, 0.4) is 0 Å². The molecule has 76 valence electrons. The van der Waals surface area contributed by atoms with Gasteiger partial charge in [-0.05, 0) is 24.6 Å². The van der Waals surface area contributed by atoms with Crippen LogP contribution in [0.5, 0.6) is 0 Å². The second-order valence-electron chi connectivity index (χ2n) is 3.58. The summed E-state index contributed by atoms with van der Waals surface area (Å²) in [6.45, 7) is 3.92. The van der Waals surface area contributed by atoms with Crippen molar-refractivity contribution in [3.8, 4) is 0 Å². The van der Waals surface area contributed by atoms with Gasteiger partial charge in [0.05, 0.1) is 16.8 Å². The SMILES string of the molecule is Cc1cc(Cl)c(NC2CNC2)cc1Cl. The fourth-order valence-electron chi connectivity index (χ4n) is 1.37. The Morgan fingerprint density at radius 1 is 1.29 bits per heavy atom. The van der Waals surface area contributed by atoms with Gasteiger partial charge in [-0.2, -0.15) is 0 Å². The number of rotatable bonds is 2. The summed E-state index contributed by atoms with van der Waals surface area (Å²) in [6.07, 6.45) is 0. The maximum absolute atomic E-state index is 6.09. The summed E-state index contributed by atoms with van der Waals surface area (Å²) < 4.78 is 0. The molecule has 2 N–H and O–H groups in total. The van der Waals surface area contributed by atoms with E-state index in [0.29, 0.717) is 6.04 Å². The fourth-order valence-corrected chi connectivity index (χ4v) is 1.80. The molecule has 1 fully saturated rings. The molecule has 14 heavy (non-hydrogen) atoms. The average molecular weight is 231 g/mol. The van der Waals surface area contributed by atoms with Crippen molar-refractivity contribution in [3.05, 3.63) is 27.7 Å². The summed E-state index contributed by atoms with van der Waals surface area (Å²) in [7, 11) is 0. The molecule has 1 aromatic carbocycles. The summed E-state index contributed by atoms with van der Waals surface area (Å²) >= 11 is 12.1. The van der Waals surface area contributed by atoms with Gasteiger partial charge in [-0.15, -0.1) is 0 Å². The summed E-state index contributed by atoms with van der Waals surface area (Å²) in [4.78, 5) is 0. The molecule has 1 aliphatic rings. The van der Waals surface area contributed by atoms with Crippen molar-refractivity contribution < 1.29 is 0 Å². The summed E-state index contributed by atoms with van der Waals surface area (Å²) in [5.74, 6) is 0. The summed E-state index contributed by atoms with van der Waals surface area (Å²) in [5, 5.41) is 8.01. The zero-order valence-corrected chi connectivity index (χ0v) is 9.41. The summed E-state index contributed by atoms with van der Waals surface area (Å²) in [6, 6.07) is 4.25. The third-order valence-electron chi connectivity index (χ3n) is 2.39. The lowest BCUT2D eigenvalue weighted by molar-refractivity contribution is 0.472. The molecule has 0 aromatic heterocycles. The van der Waals surface area contributed by atoms with Gasteiger partial charge in [0.15, 0.2) is 0 Å². The zero-order chi connectivity index (χ0) is 10.1. The van der Waals surface area contributed by atoms with Crippen LogP contribution in [0, 0.1) is 6.92 Å². The average Bonchev–Trinajstić information content (AvgIpc) is 2.06. The minimum absolute atomic E-state index is 0.478. The lowest BCUT2D eigenvalue weighted by Gasteiger charge is -2.29. The predicted octanol–water partition coefficient (Wildman–Crippen LogP) is 2.69. The van der Waals surface area contributed by atoms with Crippen LogP contribution in [-0.4, -0.2) is 19.1 Å². The normalized spacial score (nSPS) is 16.5. The van der Waals surface area contributed by atoms with Crippen LogP contribution >= 0.6 is 23.2 Å². The van der Waals surface area contributed by atoms with Crippen molar-refractivity contribution in [2.45, 2.75) is 13.0 Å². The van der Waals surface area contributed by atoms with Crippen molar-refractivity contribution in [1.29, 1.82) is 0 Å². The molecule has 1 aromatic rings. The van der Waals surface area contributed by atoms with E-state index in [1.54, 1.807) is 0 Å². The Labute approximate surface area is 93.6 Å². The maximum atomic E-state index is 6.09. The van der Waals surface area contributed by atoms with Gasteiger partial charge in [-0.1, -0.05) is 23.2 Å². The predicted molar refractivity (Wildman–Crippen MR) is 61.5 cm³/mol. The molecule has 0 atom stereocenters. The molecule has 1 heterocycles. The topological polar surface area (TPSA) is 24.1 Å². The first-order valence-corrected chi connectivity index (χ1v) is 5.35. The van der Waals surface area contributed by atoms with E-state index in [4.69, 9.17) is 23.2 Å². The molecule has 1 aliphatic heterocycles. The quantitative estimate of drug-likeness (QED) is 0.817. The van der Waals surface area contributed by atoms with Gasteiger partial charge < -0.3 is 10.6 Å². The zero-order valence-electron chi connectivity index (χ0n) is 7.90. The van der Waals surface area contributed by atoms with Gasteiger partial charge >= 0.3 is 0 Å². The monoisotopic (exact) mass is 230 g/mol. The van der Waals surface area contributed by atoms with Crippen LogP contribution in [0.15, 0.2) is 12.1 Å². The van der Waals surface area contributed by atoms with E-state index in [9.17, 15) is 0 Å². The number of halogens is 2. The smallest absolute Gasteiger partial charge is 0.0641 e. The lowest BCUT2D eigenvalue weighted by atomic mass is 10.1. The van der Waals surface area contributed by atoms with Crippen LogP contribution in [0.2, 0.25) is 10.0 Å². The van der Waals surface area contributed by atoms with E-state index in [2.05, 4.69) is 10.6 Å². The van der Waals surface area contributed by atoms with E-state index >= 15 is 0 Å². The second-order valence-corrected chi connectivity index (χ2v) is 4.40. The van der Waals surface area contributed by atoms with Crippen molar-refractivity contribution in [2.75, 3.05) is 18.4 Å². The van der Waals surface area contributed by atoms with Gasteiger partial charge in [0, 0.05) is 18.1 Å². The Kier molecular flexibility index (Phi) is 2.86. The van der Waals surface area contributed by atoms with Crippen LogP contribution in [0.1, 0.15) is 5.56 Å². The molecular weight excluding hydrogens is 219 g/mol. The molecule has 4 heteroatoms. The Balaban J connectivity index is 2.19. The van der Waals surface area contributed by atoms with Gasteiger partial charge in [0.2, 0.25) is 0 Å². The maximum Gasteiger partial charge on any atom is 0.0641 e. The molecule has 0 unspecified atom stereocenters. The number of anilines is 1. The number of nitrogens with one attached hydrogen (secondary N) is 2. The number of benzene rings is 1. The second kappa shape index (κ2) is 3.97. The van der Waals surface area contributed by atoms with E-state index in [0.717, 1.165) is 34.4 Å². The van der Waals surface area contributed by atoms with Gasteiger partial charge in [0.1, 0.15) is 0 Å². The van der Waals surface area contributed by atoms with Crippen LogP contribution in [0.4, 0.5) is 5.69 Å². The van der Waals surface area contributed by atoms with Crippen LogP contribution in [-0.2, 0) is 0 Å². The molecule has 2 nitrogen and oxygen atoms in total. The molecule has 1 saturated heterocycles. The number of aryl methyl sites for hydroxylation is 1. The summed E-state index contributed by atoms with van der Waals surface area (Å²) in [5.41, 5.74) is 1.93. The van der Waals surface area contributed by atoms with Gasteiger partial charge in [0.25, 0.3) is 0 Å². The van der Waals surface area contributed by atoms with Crippen molar-refractivity contribution in [1.82, 2.24) is 5.32 Å². The highest BCUT2D eigenvalue weighted by Crippen LogP contribution is 2.29. The molecule has 0 radical (unpaired) electrons. The van der Waals surface area contributed by atoms with Crippen molar-refractivity contribution in [3.63, 3.8) is 0 Å².